The van der Waals surface area contributed by atoms with E-state index >= 15 is 0 Å². The van der Waals surface area contributed by atoms with Crippen molar-refractivity contribution in [2.24, 2.45) is 0 Å². The Balaban J connectivity index is 2.21. The lowest BCUT2D eigenvalue weighted by molar-refractivity contribution is -0.119. The van der Waals surface area contributed by atoms with Crippen molar-refractivity contribution in [3.63, 3.8) is 0 Å². The van der Waals surface area contributed by atoms with E-state index in [0.717, 1.165) is 38.3 Å². The van der Waals surface area contributed by atoms with E-state index in [2.05, 4.69) is 22.2 Å². The van der Waals surface area contributed by atoms with Gasteiger partial charge in [0.25, 0.3) is 0 Å². The minimum absolute atomic E-state index is 0.0876. The molecule has 7 nitrogen and oxygen atoms in total. The van der Waals surface area contributed by atoms with Gasteiger partial charge >= 0.3 is 5.97 Å². The number of ether oxygens (including phenoxy) is 1. The van der Waals surface area contributed by atoms with Gasteiger partial charge in [0.2, 0.25) is 5.91 Å². The van der Waals surface area contributed by atoms with Crippen LogP contribution >= 0.6 is 0 Å². The van der Waals surface area contributed by atoms with Crippen LogP contribution in [0.4, 0.5) is 11.4 Å². The van der Waals surface area contributed by atoms with Gasteiger partial charge in [-0.25, -0.2) is 4.79 Å². The summed E-state index contributed by atoms with van der Waals surface area (Å²) in [4.78, 5) is 27.6. The van der Waals surface area contributed by atoms with Crippen molar-refractivity contribution in [3.8, 4) is 0 Å². The molecule has 2 rings (SSSR count). The maximum Gasteiger partial charge on any atom is 0.337 e. The molecule has 0 saturated carbocycles. The van der Waals surface area contributed by atoms with Crippen molar-refractivity contribution in [2.75, 3.05) is 57.2 Å². The fraction of sp³-hybridized carbons (Fsp3) is 0.500. The summed E-state index contributed by atoms with van der Waals surface area (Å²) in [6, 6.07) is 5.11. The van der Waals surface area contributed by atoms with Crippen molar-refractivity contribution >= 4 is 23.3 Å². The number of nitrogens with one attached hydrogen (secondary N) is 1. The molecule has 1 aliphatic rings. The summed E-state index contributed by atoms with van der Waals surface area (Å²) in [7, 11) is 3.50. The summed E-state index contributed by atoms with van der Waals surface area (Å²) in [5.41, 5.74) is 1.24. The SMILES string of the molecule is COCC(=O)Nc1ccc(N2CCCN(C)CC2)cc1C(=O)O. The molecule has 0 radical (unpaired) electrons. The number of carbonyl (C=O) groups is 2. The van der Waals surface area contributed by atoms with E-state index in [-0.39, 0.29) is 23.8 Å². The molecule has 0 bridgehead atoms. The highest BCUT2D eigenvalue weighted by Gasteiger charge is 2.17. The third kappa shape index (κ3) is 4.67. The largest absolute Gasteiger partial charge is 0.478 e. The summed E-state index contributed by atoms with van der Waals surface area (Å²) >= 11 is 0. The van der Waals surface area contributed by atoms with Gasteiger partial charge in [-0.05, 0) is 38.2 Å². The van der Waals surface area contributed by atoms with Crippen molar-refractivity contribution in [1.29, 1.82) is 0 Å². The number of carboxylic acids is 1. The maximum atomic E-state index is 11.6. The molecule has 0 atom stereocenters. The zero-order chi connectivity index (χ0) is 16.8. The van der Waals surface area contributed by atoms with Crippen LogP contribution in [0.5, 0.6) is 0 Å². The number of amides is 1. The highest BCUT2D eigenvalue weighted by atomic mass is 16.5. The Morgan fingerprint density at radius 1 is 1.26 bits per heavy atom. The summed E-state index contributed by atoms with van der Waals surface area (Å²) in [6.45, 7) is 3.60. The second-order valence-corrected chi connectivity index (χ2v) is 5.66. The molecule has 1 heterocycles. The van der Waals surface area contributed by atoms with Crippen molar-refractivity contribution in [1.82, 2.24) is 4.90 Å². The van der Waals surface area contributed by atoms with Gasteiger partial charge in [0.1, 0.15) is 6.61 Å². The molecule has 23 heavy (non-hydrogen) atoms. The van der Waals surface area contributed by atoms with Crippen LogP contribution in [0.1, 0.15) is 16.8 Å². The minimum atomic E-state index is -1.06. The summed E-state index contributed by atoms with van der Waals surface area (Å²) in [6.07, 6.45) is 1.03. The number of nitrogens with zero attached hydrogens (tertiary/aromatic N) is 2. The smallest absolute Gasteiger partial charge is 0.337 e. The van der Waals surface area contributed by atoms with Crippen LogP contribution in [-0.2, 0) is 9.53 Å². The normalized spacial score (nSPS) is 16.0. The maximum absolute atomic E-state index is 11.6. The van der Waals surface area contributed by atoms with Crippen molar-refractivity contribution in [2.45, 2.75) is 6.42 Å². The molecule has 2 N–H and O–H groups in total. The number of likely N-dealkylation sites (N-methyl/N-ethyl adjacent to an activating group) is 1. The first kappa shape index (κ1) is 17.2. The zero-order valence-electron chi connectivity index (χ0n) is 13.5. The van der Waals surface area contributed by atoms with Crippen molar-refractivity contribution in [3.05, 3.63) is 23.8 Å². The average molecular weight is 321 g/mol. The van der Waals surface area contributed by atoms with Crippen LogP contribution < -0.4 is 10.2 Å². The van der Waals surface area contributed by atoms with E-state index < -0.39 is 5.97 Å². The molecule has 1 aromatic carbocycles. The predicted octanol–water partition coefficient (Wildman–Crippen LogP) is 1.11. The number of hydrogen-bond donors (Lipinski definition) is 2. The fourth-order valence-corrected chi connectivity index (χ4v) is 2.64. The van der Waals surface area contributed by atoms with E-state index in [4.69, 9.17) is 4.74 Å². The number of rotatable bonds is 5. The molecule has 0 aromatic heterocycles. The number of methoxy groups -OCH3 is 1. The zero-order valence-corrected chi connectivity index (χ0v) is 13.5. The Morgan fingerprint density at radius 3 is 2.74 bits per heavy atom. The van der Waals surface area contributed by atoms with Gasteiger partial charge in [-0.15, -0.1) is 0 Å². The van der Waals surface area contributed by atoms with E-state index in [0.29, 0.717) is 0 Å². The first-order valence-electron chi connectivity index (χ1n) is 7.61. The lowest BCUT2D eigenvalue weighted by Gasteiger charge is -2.23. The molecule has 1 saturated heterocycles. The first-order valence-corrected chi connectivity index (χ1v) is 7.61. The van der Waals surface area contributed by atoms with Gasteiger partial charge in [0, 0.05) is 32.4 Å². The number of benzene rings is 1. The molecule has 0 spiro atoms. The molecule has 126 valence electrons. The molecule has 1 aromatic rings. The van der Waals surface area contributed by atoms with Crippen LogP contribution in [0.2, 0.25) is 0 Å². The quantitative estimate of drug-likeness (QED) is 0.845. The van der Waals surface area contributed by atoms with E-state index in [9.17, 15) is 14.7 Å². The lowest BCUT2D eigenvalue weighted by Crippen LogP contribution is -2.29. The summed E-state index contributed by atoms with van der Waals surface area (Å²) in [5, 5.41) is 12.0. The van der Waals surface area contributed by atoms with Crippen LogP contribution in [0.3, 0.4) is 0 Å². The standard InChI is InChI=1S/C16H23N3O4/c1-18-6-3-7-19(9-8-18)12-4-5-14(13(10-12)16(21)22)17-15(20)11-23-2/h4-5,10H,3,6-9,11H2,1-2H3,(H,17,20)(H,21,22). The number of carboxylic acid groups (broad SMARTS) is 1. The third-order valence-electron chi connectivity index (χ3n) is 3.87. The number of anilines is 2. The van der Waals surface area contributed by atoms with Gasteiger partial charge < -0.3 is 25.0 Å². The van der Waals surface area contributed by atoms with Crippen LogP contribution in [-0.4, -0.2) is 68.8 Å². The number of aromatic carboxylic acids is 1. The second kappa shape index (κ2) is 7.94. The van der Waals surface area contributed by atoms with Gasteiger partial charge in [-0.3, -0.25) is 4.79 Å². The van der Waals surface area contributed by atoms with Gasteiger partial charge in [0.05, 0.1) is 11.3 Å². The van der Waals surface area contributed by atoms with Gasteiger partial charge in [-0.1, -0.05) is 0 Å². The Kier molecular flexibility index (Phi) is 5.95. The van der Waals surface area contributed by atoms with E-state index in [1.807, 2.05) is 6.07 Å². The molecular formula is C16H23N3O4. The molecule has 1 fully saturated rings. The van der Waals surface area contributed by atoms with E-state index in [1.54, 1.807) is 12.1 Å². The van der Waals surface area contributed by atoms with Crippen LogP contribution in [0.25, 0.3) is 0 Å². The van der Waals surface area contributed by atoms with Crippen LogP contribution in [0.15, 0.2) is 18.2 Å². The Labute approximate surface area is 135 Å². The highest BCUT2D eigenvalue weighted by molar-refractivity contribution is 6.01. The lowest BCUT2D eigenvalue weighted by atomic mass is 10.1. The third-order valence-corrected chi connectivity index (χ3v) is 3.87. The number of hydrogen-bond acceptors (Lipinski definition) is 5. The summed E-state index contributed by atoms with van der Waals surface area (Å²) in [5.74, 6) is -1.44. The fourth-order valence-electron chi connectivity index (χ4n) is 2.64. The monoisotopic (exact) mass is 321 g/mol. The Bertz CT molecular complexity index is 576. The minimum Gasteiger partial charge on any atom is -0.478 e. The molecule has 1 aliphatic heterocycles. The Hall–Kier alpha value is -2.12. The van der Waals surface area contributed by atoms with Gasteiger partial charge in [0.15, 0.2) is 0 Å². The molecular weight excluding hydrogens is 298 g/mol. The van der Waals surface area contributed by atoms with Crippen molar-refractivity contribution < 1.29 is 19.4 Å². The van der Waals surface area contributed by atoms with Crippen LogP contribution in [0, 0.1) is 0 Å². The van der Waals surface area contributed by atoms with Gasteiger partial charge in [-0.2, -0.15) is 0 Å². The molecule has 7 heteroatoms. The Morgan fingerprint density at radius 2 is 2.04 bits per heavy atom. The second-order valence-electron chi connectivity index (χ2n) is 5.66. The molecule has 0 aliphatic carbocycles. The molecule has 1 amide bonds. The summed E-state index contributed by atoms with van der Waals surface area (Å²) < 4.78 is 4.75. The topological polar surface area (TPSA) is 82.1 Å². The average Bonchev–Trinajstić information content (AvgIpc) is 2.72. The first-order chi connectivity index (χ1) is 11.0. The number of carbonyl (C=O) groups excluding carboxylic acids is 1. The predicted molar refractivity (Wildman–Crippen MR) is 88.2 cm³/mol. The molecule has 0 unspecified atom stereocenters. The highest BCUT2D eigenvalue weighted by Crippen LogP contribution is 2.24. The van der Waals surface area contributed by atoms with E-state index in [1.165, 1.54) is 7.11 Å².